The first-order chi connectivity index (χ1) is 8.02. The van der Waals surface area contributed by atoms with Gasteiger partial charge in [-0.3, -0.25) is 4.79 Å². The number of ether oxygens (including phenoxy) is 1. The Morgan fingerprint density at radius 3 is 2.65 bits per heavy atom. The molecule has 4 N–H and O–H groups in total. The summed E-state index contributed by atoms with van der Waals surface area (Å²) in [7, 11) is 0. The highest BCUT2D eigenvalue weighted by Gasteiger charge is 2.11. The molecule has 1 aromatic rings. The maximum Gasteiger partial charge on any atom is 0.310 e. The van der Waals surface area contributed by atoms with E-state index in [2.05, 4.69) is 4.74 Å². The van der Waals surface area contributed by atoms with Gasteiger partial charge in [0.1, 0.15) is 24.2 Å². The number of hydrogen-bond donors (Lipinski definition) is 4. The van der Waals surface area contributed by atoms with Gasteiger partial charge in [-0.25, -0.2) is 0 Å². The quantitative estimate of drug-likeness (QED) is 0.520. The smallest absolute Gasteiger partial charge is 0.310 e. The van der Waals surface area contributed by atoms with Crippen LogP contribution in [0.2, 0.25) is 0 Å². The van der Waals surface area contributed by atoms with Crippen LogP contribution in [0.3, 0.4) is 0 Å². The van der Waals surface area contributed by atoms with Crippen molar-refractivity contribution in [3.05, 3.63) is 23.8 Å². The maximum atomic E-state index is 11.3. The molecule has 6 heteroatoms. The molecular formula is C11H14O6. The summed E-state index contributed by atoms with van der Waals surface area (Å²) in [6, 6.07) is 3.85. The van der Waals surface area contributed by atoms with E-state index >= 15 is 0 Å². The summed E-state index contributed by atoms with van der Waals surface area (Å²) < 4.78 is 4.66. The van der Waals surface area contributed by atoms with E-state index in [1.165, 1.54) is 12.1 Å². The number of carbonyl (C=O) groups excluding carboxylic acids is 1. The number of esters is 1. The van der Waals surface area contributed by atoms with Crippen molar-refractivity contribution in [1.82, 2.24) is 0 Å². The van der Waals surface area contributed by atoms with Crippen LogP contribution in [0.4, 0.5) is 0 Å². The number of phenolic OH excluding ortho intramolecular Hbond substituents is 2. The van der Waals surface area contributed by atoms with Crippen molar-refractivity contribution in [2.45, 2.75) is 12.5 Å². The Morgan fingerprint density at radius 2 is 2.06 bits per heavy atom. The molecule has 0 spiro atoms. The maximum absolute atomic E-state index is 11.3. The summed E-state index contributed by atoms with van der Waals surface area (Å²) in [4.78, 5) is 11.3. The molecule has 1 rings (SSSR count). The summed E-state index contributed by atoms with van der Waals surface area (Å²) in [5, 5.41) is 35.9. The Labute approximate surface area is 97.7 Å². The van der Waals surface area contributed by atoms with Crippen LogP contribution in [0.25, 0.3) is 0 Å². The molecule has 0 aromatic heterocycles. The number of aliphatic hydroxyl groups is 2. The largest absolute Gasteiger partial charge is 0.508 e. The molecule has 0 unspecified atom stereocenters. The van der Waals surface area contributed by atoms with Crippen molar-refractivity contribution in [3.63, 3.8) is 0 Å². The van der Waals surface area contributed by atoms with Gasteiger partial charge in [0.25, 0.3) is 0 Å². The van der Waals surface area contributed by atoms with Gasteiger partial charge in [-0.1, -0.05) is 6.07 Å². The molecule has 0 fully saturated rings. The van der Waals surface area contributed by atoms with Crippen molar-refractivity contribution >= 4 is 5.97 Å². The van der Waals surface area contributed by atoms with E-state index in [-0.39, 0.29) is 24.5 Å². The van der Waals surface area contributed by atoms with E-state index in [1.807, 2.05) is 0 Å². The molecule has 0 saturated carbocycles. The van der Waals surface area contributed by atoms with Gasteiger partial charge in [-0.05, 0) is 6.07 Å². The Hall–Kier alpha value is -1.79. The lowest BCUT2D eigenvalue weighted by Crippen LogP contribution is -2.22. The molecule has 0 radical (unpaired) electrons. The monoisotopic (exact) mass is 242 g/mol. The molecule has 1 atom stereocenters. The zero-order valence-electron chi connectivity index (χ0n) is 9.04. The van der Waals surface area contributed by atoms with Crippen molar-refractivity contribution in [3.8, 4) is 11.5 Å². The molecule has 0 heterocycles. The number of aliphatic hydroxyl groups excluding tert-OH is 2. The molecule has 17 heavy (non-hydrogen) atoms. The van der Waals surface area contributed by atoms with E-state index in [1.54, 1.807) is 0 Å². The Morgan fingerprint density at radius 1 is 1.35 bits per heavy atom. The third-order valence-corrected chi connectivity index (χ3v) is 2.05. The molecule has 1 aromatic carbocycles. The van der Waals surface area contributed by atoms with Gasteiger partial charge in [0.15, 0.2) is 0 Å². The highest BCUT2D eigenvalue weighted by molar-refractivity contribution is 5.73. The topological polar surface area (TPSA) is 107 Å². The van der Waals surface area contributed by atoms with Crippen molar-refractivity contribution in [1.29, 1.82) is 0 Å². The van der Waals surface area contributed by atoms with E-state index in [0.717, 1.165) is 6.07 Å². The van der Waals surface area contributed by atoms with Crippen LogP contribution in [0, 0.1) is 0 Å². The SMILES string of the molecule is O=C(Cc1ccc(O)cc1O)OC[C@@H](O)CO. The van der Waals surface area contributed by atoms with Crippen molar-refractivity contribution in [2.24, 2.45) is 0 Å². The summed E-state index contributed by atoms with van der Waals surface area (Å²) >= 11 is 0. The van der Waals surface area contributed by atoms with E-state index < -0.39 is 18.7 Å². The molecule has 0 bridgehead atoms. The van der Waals surface area contributed by atoms with Crippen LogP contribution in [0.1, 0.15) is 5.56 Å². The van der Waals surface area contributed by atoms with Gasteiger partial charge >= 0.3 is 5.97 Å². The minimum Gasteiger partial charge on any atom is -0.508 e. The summed E-state index contributed by atoms with van der Waals surface area (Å²) in [6.45, 7) is -0.786. The average Bonchev–Trinajstić information content (AvgIpc) is 2.29. The van der Waals surface area contributed by atoms with Crippen molar-refractivity contribution < 1.29 is 30.0 Å². The second-order valence-electron chi connectivity index (χ2n) is 3.51. The first-order valence-corrected chi connectivity index (χ1v) is 4.98. The lowest BCUT2D eigenvalue weighted by Gasteiger charge is -2.09. The Bertz CT molecular complexity index is 390. The lowest BCUT2D eigenvalue weighted by molar-refractivity contribution is -0.146. The van der Waals surface area contributed by atoms with Gasteiger partial charge in [0.05, 0.1) is 13.0 Å². The predicted molar refractivity (Wildman–Crippen MR) is 57.5 cm³/mol. The molecule has 0 aliphatic rings. The Balaban J connectivity index is 2.50. The molecule has 94 valence electrons. The zero-order chi connectivity index (χ0) is 12.8. The predicted octanol–water partition coefficient (Wildman–Crippen LogP) is -0.463. The van der Waals surface area contributed by atoms with Crippen LogP contribution in [-0.2, 0) is 16.0 Å². The minimum absolute atomic E-state index is 0.102. The molecule has 0 aliphatic heterocycles. The molecule has 0 aliphatic carbocycles. The standard InChI is InChI=1S/C11H14O6/c12-5-9(14)6-17-11(16)3-7-1-2-8(13)4-10(7)15/h1-2,4,9,12-15H,3,5-6H2/t9-/m0/s1. The van der Waals surface area contributed by atoms with Gasteiger partial charge in [0, 0.05) is 11.6 Å². The zero-order valence-corrected chi connectivity index (χ0v) is 9.04. The molecule has 0 saturated heterocycles. The number of carbonyl (C=O) groups is 1. The number of benzene rings is 1. The fourth-order valence-corrected chi connectivity index (χ4v) is 1.15. The number of hydrogen-bond acceptors (Lipinski definition) is 6. The number of aromatic hydroxyl groups is 2. The lowest BCUT2D eigenvalue weighted by atomic mass is 10.1. The highest BCUT2D eigenvalue weighted by Crippen LogP contribution is 2.23. The third kappa shape index (κ3) is 4.29. The second kappa shape index (κ2) is 6.07. The minimum atomic E-state index is -1.10. The fourth-order valence-electron chi connectivity index (χ4n) is 1.15. The normalized spacial score (nSPS) is 12.1. The van der Waals surface area contributed by atoms with Crippen LogP contribution >= 0.6 is 0 Å². The van der Waals surface area contributed by atoms with Crippen molar-refractivity contribution in [2.75, 3.05) is 13.2 Å². The third-order valence-electron chi connectivity index (χ3n) is 2.05. The van der Waals surface area contributed by atoms with Crippen LogP contribution in [-0.4, -0.2) is 45.7 Å². The second-order valence-corrected chi connectivity index (χ2v) is 3.51. The fraction of sp³-hybridized carbons (Fsp3) is 0.364. The summed E-state index contributed by atoms with van der Waals surface area (Å²) in [5.74, 6) is -0.946. The van der Waals surface area contributed by atoms with Crippen LogP contribution in [0.15, 0.2) is 18.2 Å². The van der Waals surface area contributed by atoms with Gasteiger partial charge in [-0.15, -0.1) is 0 Å². The van der Waals surface area contributed by atoms with Gasteiger partial charge in [-0.2, -0.15) is 0 Å². The van der Waals surface area contributed by atoms with Crippen LogP contribution < -0.4 is 0 Å². The highest BCUT2D eigenvalue weighted by atomic mass is 16.5. The molecular weight excluding hydrogens is 228 g/mol. The van der Waals surface area contributed by atoms with E-state index in [4.69, 9.17) is 15.3 Å². The average molecular weight is 242 g/mol. The molecule has 0 amide bonds. The summed E-state index contributed by atoms with van der Waals surface area (Å²) in [5.41, 5.74) is 0.311. The number of rotatable bonds is 5. The van der Waals surface area contributed by atoms with E-state index in [0.29, 0.717) is 5.56 Å². The first kappa shape index (κ1) is 13.3. The van der Waals surface area contributed by atoms with Gasteiger partial charge in [0.2, 0.25) is 0 Å². The summed E-state index contributed by atoms with van der Waals surface area (Å²) in [6.07, 6.45) is -1.28. The van der Waals surface area contributed by atoms with E-state index in [9.17, 15) is 9.90 Å². The first-order valence-electron chi connectivity index (χ1n) is 4.98. The molecule has 6 nitrogen and oxygen atoms in total. The Kier molecular flexibility index (Phi) is 4.74. The number of phenols is 2. The van der Waals surface area contributed by atoms with Gasteiger partial charge < -0.3 is 25.2 Å². The van der Waals surface area contributed by atoms with Crippen LogP contribution in [0.5, 0.6) is 11.5 Å².